The van der Waals surface area contributed by atoms with Gasteiger partial charge in [0.25, 0.3) is 5.91 Å². The second-order valence-corrected chi connectivity index (χ2v) is 9.74. The van der Waals surface area contributed by atoms with Gasteiger partial charge in [-0.1, -0.05) is 19.9 Å². The highest BCUT2D eigenvalue weighted by atomic mass is 32.2. The van der Waals surface area contributed by atoms with Crippen LogP contribution < -0.4 is 10.1 Å². The summed E-state index contributed by atoms with van der Waals surface area (Å²) in [5.41, 5.74) is 1.79. The summed E-state index contributed by atoms with van der Waals surface area (Å²) in [7, 11) is -3.53. The Morgan fingerprint density at radius 1 is 1.13 bits per heavy atom. The van der Waals surface area contributed by atoms with Crippen molar-refractivity contribution in [3.63, 3.8) is 0 Å². The van der Waals surface area contributed by atoms with Gasteiger partial charge in [-0.25, -0.2) is 13.4 Å². The molecule has 0 aliphatic carbocycles. The quantitative estimate of drug-likeness (QED) is 0.515. The van der Waals surface area contributed by atoms with Crippen LogP contribution in [-0.4, -0.2) is 36.7 Å². The Labute approximate surface area is 186 Å². The number of aryl methyl sites for hydroxylation is 1. The molecule has 9 heteroatoms. The average Bonchev–Trinajstić information content (AvgIpc) is 3.18. The summed E-state index contributed by atoms with van der Waals surface area (Å²) in [6, 6.07) is 13.0. The van der Waals surface area contributed by atoms with E-state index in [2.05, 4.69) is 10.3 Å². The van der Waals surface area contributed by atoms with E-state index in [4.69, 9.17) is 4.74 Å². The van der Waals surface area contributed by atoms with Crippen LogP contribution in [-0.2, 0) is 16.6 Å². The first kappa shape index (κ1) is 22.9. The van der Waals surface area contributed by atoms with Crippen LogP contribution in [0.4, 0.5) is 5.69 Å². The standard InChI is InChI=1S/C22H25N3O4S2/c1-4-25(5-2)31(27,28)21-11-9-18(10-12-21)24-22(26)17-7-6-8-20(13-17)29-14-19-15-30-16(3)23-19/h6-13,15H,4-5,14H2,1-3H3,(H,24,26). The lowest BCUT2D eigenvalue weighted by Gasteiger charge is -2.18. The molecule has 3 aromatic rings. The van der Waals surface area contributed by atoms with Gasteiger partial charge in [0, 0.05) is 29.7 Å². The van der Waals surface area contributed by atoms with E-state index in [0.717, 1.165) is 10.7 Å². The highest BCUT2D eigenvalue weighted by Crippen LogP contribution is 2.20. The van der Waals surface area contributed by atoms with E-state index in [0.29, 0.717) is 36.7 Å². The molecular weight excluding hydrogens is 434 g/mol. The third-order valence-electron chi connectivity index (χ3n) is 4.60. The number of rotatable bonds is 9. The van der Waals surface area contributed by atoms with Gasteiger partial charge in [0.1, 0.15) is 12.4 Å². The number of nitrogens with one attached hydrogen (secondary N) is 1. The molecule has 7 nitrogen and oxygen atoms in total. The van der Waals surface area contributed by atoms with Crippen molar-refractivity contribution in [1.29, 1.82) is 0 Å². The number of aromatic nitrogens is 1. The van der Waals surface area contributed by atoms with E-state index in [9.17, 15) is 13.2 Å². The molecule has 31 heavy (non-hydrogen) atoms. The van der Waals surface area contributed by atoms with Gasteiger partial charge in [-0.05, 0) is 49.4 Å². The summed E-state index contributed by atoms with van der Waals surface area (Å²) in [5.74, 6) is 0.258. The lowest BCUT2D eigenvalue weighted by atomic mass is 10.2. The van der Waals surface area contributed by atoms with Crippen LogP contribution in [0.15, 0.2) is 58.8 Å². The number of ether oxygens (including phenoxy) is 1. The molecule has 1 aromatic heterocycles. The number of anilines is 1. The minimum absolute atomic E-state index is 0.196. The van der Waals surface area contributed by atoms with Crippen LogP contribution in [0.25, 0.3) is 0 Å². The summed E-state index contributed by atoms with van der Waals surface area (Å²) < 4.78 is 32.3. The molecule has 0 fully saturated rings. The fourth-order valence-electron chi connectivity index (χ4n) is 2.99. The van der Waals surface area contributed by atoms with Crippen molar-refractivity contribution in [2.75, 3.05) is 18.4 Å². The van der Waals surface area contributed by atoms with E-state index < -0.39 is 10.0 Å². The Bertz CT molecular complexity index is 1140. The third kappa shape index (κ3) is 5.69. The molecule has 1 amide bonds. The van der Waals surface area contributed by atoms with Gasteiger partial charge in [-0.15, -0.1) is 11.3 Å². The fourth-order valence-corrected chi connectivity index (χ4v) is 5.04. The first-order chi connectivity index (χ1) is 14.8. The Morgan fingerprint density at radius 2 is 1.84 bits per heavy atom. The van der Waals surface area contributed by atoms with Crippen LogP contribution in [0.2, 0.25) is 0 Å². The highest BCUT2D eigenvalue weighted by molar-refractivity contribution is 7.89. The third-order valence-corrected chi connectivity index (χ3v) is 7.49. The molecule has 0 saturated heterocycles. The van der Waals surface area contributed by atoms with Crippen molar-refractivity contribution in [3.8, 4) is 5.75 Å². The molecule has 2 aromatic carbocycles. The predicted molar refractivity (Wildman–Crippen MR) is 122 cm³/mol. The SMILES string of the molecule is CCN(CC)S(=O)(=O)c1ccc(NC(=O)c2cccc(OCc3csc(C)n3)c2)cc1. The number of sulfonamides is 1. The summed E-state index contributed by atoms with van der Waals surface area (Å²) in [4.78, 5) is 17.2. The topological polar surface area (TPSA) is 88.6 Å². The summed E-state index contributed by atoms with van der Waals surface area (Å²) >= 11 is 1.56. The van der Waals surface area contributed by atoms with Crippen molar-refractivity contribution in [3.05, 3.63) is 70.2 Å². The number of hydrogen-bond donors (Lipinski definition) is 1. The molecule has 0 aliphatic heterocycles. The molecule has 0 bridgehead atoms. The molecule has 3 rings (SSSR count). The zero-order chi connectivity index (χ0) is 22.4. The van der Waals surface area contributed by atoms with Crippen molar-refractivity contribution < 1.29 is 17.9 Å². The summed E-state index contributed by atoms with van der Waals surface area (Å²) in [5, 5.41) is 5.70. The van der Waals surface area contributed by atoms with Gasteiger partial charge in [-0.3, -0.25) is 4.79 Å². The Morgan fingerprint density at radius 3 is 2.45 bits per heavy atom. The van der Waals surface area contributed by atoms with Crippen LogP contribution in [0.3, 0.4) is 0 Å². The van der Waals surface area contributed by atoms with Gasteiger partial charge in [0.05, 0.1) is 15.6 Å². The Balaban J connectivity index is 1.66. The van der Waals surface area contributed by atoms with Crippen molar-refractivity contribution in [2.24, 2.45) is 0 Å². The smallest absolute Gasteiger partial charge is 0.255 e. The molecule has 0 saturated carbocycles. The van der Waals surface area contributed by atoms with Crippen LogP contribution in [0, 0.1) is 6.92 Å². The number of benzene rings is 2. The average molecular weight is 460 g/mol. The molecule has 164 valence electrons. The van der Waals surface area contributed by atoms with Crippen molar-refractivity contribution in [2.45, 2.75) is 32.3 Å². The fraction of sp³-hybridized carbons (Fsp3) is 0.273. The molecular formula is C22H25N3O4S2. The Kier molecular flexibility index (Phi) is 7.42. The number of carbonyl (C=O) groups excluding carboxylic acids is 1. The molecule has 0 aliphatic rings. The van der Waals surface area contributed by atoms with Gasteiger partial charge >= 0.3 is 0 Å². The first-order valence-corrected chi connectivity index (χ1v) is 12.2. The van der Waals surface area contributed by atoms with Gasteiger partial charge in [-0.2, -0.15) is 4.31 Å². The molecule has 1 heterocycles. The highest BCUT2D eigenvalue weighted by Gasteiger charge is 2.21. The van der Waals surface area contributed by atoms with E-state index in [1.54, 1.807) is 61.6 Å². The lowest BCUT2D eigenvalue weighted by molar-refractivity contribution is 0.102. The minimum atomic E-state index is -3.53. The number of thiazole rings is 1. The minimum Gasteiger partial charge on any atom is -0.487 e. The number of amides is 1. The monoisotopic (exact) mass is 459 g/mol. The van der Waals surface area contributed by atoms with Crippen molar-refractivity contribution in [1.82, 2.24) is 9.29 Å². The van der Waals surface area contributed by atoms with Crippen molar-refractivity contribution >= 4 is 33.0 Å². The van der Waals surface area contributed by atoms with E-state index >= 15 is 0 Å². The summed E-state index contributed by atoms with van der Waals surface area (Å²) in [6.07, 6.45) is 0. The summed E-state index contributed by atoms with van der Waals surface area (Å²) in [6.45, 7) is 6.66. The second kappa shape index (κ2) is 10.0. The van der Waals surface area contributed by atoms with Crippen LogP contribution in [0.1, 0.15) is 34.9 Å². The molecule has 0 unspecified atom stereocenters. The maximum atomic E-state index is 12.6. The molecule has 1 N–H and O–H groups in total. The molecule has 0 spiro atoms. The Hall–Kier alpha value is -2.75. The number of carbonyl (C=O) groups is 1. The van der Waals surface area contributed by atoms with Crippen LogP contribution in [0.5, 0.6) is 5.75 Å². The zero-order valence-corrected chi connectivity index (χ0v) is 19.3. The molecule has 0 atom stereocenters. The lowest BCUT2D eigenvalue weighted by Crippen LogP contribution is -2.30. The van der Waals surface area contributed by atoms with Gasteiger partial charge in [0.2, 0.25) is 10.0 Å². The second-order valence-electron chi connectivity index (χ2n) is 6.74. The van der Waals surface area contributed by atoms with Gasteiger partial charge in [0.15, 0.2) is 0 Å². The van der Waals surface area contributed by atoms with E-state index in [-0.39, 0.29) is 10.8 Å². The predicted octanol–water partition coefficient (Wildman–Crippen LogP) is 4.31. The van der Waals surface area contributed by atoms with E-state index in [1.165, 1.54) is 16.4 Å². The first-order valence-electron chi connectivity index (χ1n) is 9.89. The van der Waals surface area contributed by atoms with Crippen LogP contribution >= 0.6 is 11.3 Å². The zero-order valence-electron chi connectivity index (χ0n) is 17.7. The molecule has 0 radical (unpaired) electrons. The normalized spacial score (nSPS) is 11.5. The number of hydrogen-bond acceptors (Lipinski definition) is 6. The maximum Gasteiger partial charge on any atom is 0.255 e. The van der Waals surface area contributed by atoms with Gasteiger partial charge < -0.3 is 10.1 Å². The van der Waals surface area contributed by atoms with E-state index in [1.807, 2.05) is 12.3 Å². The largest absolute Gasteiger partial charge is 0.487 e. The number of nitrogens with zero attached hydrogens (tertiary/aromatic N) is 2. The maximum absolute atomic E-state index is 12.6.